The van der Waals surface area contributed by atoms with Gasteiger partial charge in [-0.25, -0.2) is 9.97 Å². The van der Waals surface area contributed by atoms with Crippen molar-refractivity contribution in [2.24, 2.45) is 0 Å². The van der Waals surface area contributed by atoms with Crippen molar-refractivity contribution < 1.29 is 0 Å². The summed E-state index contributed by atoms with van der Waals surface area (Å²) in [5, 5.41) is 3.28. The van der Waals surface area contributed by atoms with Crippen LogP contribution in [0.25, 0.3) is 0 Å². The highest BCUT2D eigenvalue weighted by Gasteiger charge is 2.17. The summed E-state index contributed by atoms with van der Waals surface area (Å²) < 4.78 is 0. The monoisotopic (exact) mass is 135 g/mol. The molecule has 1 aliphatic rings. The van der Waals surface area contributed by atoms with Gasteiger partial charge in [0.1, 0.15) is 6.33 Å². The molecule has 1 N–H and O–H groups in total. The van der Waals surface area contributed by atoms with Crippen molar-refractivity contribution >= 4 is 0 Å². The zero-order chi connectivity index (χ0) is 6.81. The van der Waals surface area contributed by atoms with Gasteiger partial charge in [-0.05, 0) is 13.0 Å². The third-order valence-corrected chi connectivity index (χ3v) is 1.81. The number of rotatable bonds is 1. The molecular weight excluding hydrogens is 126 g/mol. The highest BCUT2D eigenvalue weighted by atomic mass is 15.0. The number of hydrogen-bond donors (Lipinski definition) is 1. The van der Waals surface area contributed by atoms with Gasteiger partial charge in [-0.2, -0.15) is 0 Å². The molecular formula is C7H9N3. The van der Waals surface area contributed by atoms with Gasteiger partial charge in [0.25, 0.3) is 0 Å². The van der Waals surface area contributed by atoms with E-state index in [-0.39, 0.29) is 0 Å². The van der Waals surface area contributed by atoms with E-state index in [0.717, 1.165) is 6.54 Å². The number of nitrogens with one attached hydrogen (secondary N) is 1. The van der Waals surface area contributed by atoms with Crippen molar-refractivity contribution in [3.8, 4) is 0 Å². The van der Waals surface area contributed by atoms with Crippen LogP contribution in [0.5, 0.6) is 0 Å². The average Bonchev–Trinajstić information content (AvgIpc) is 1.86. The first-order valence-electron chi connectivity index (χ1n) is 3.45. The van der Waals surface area contributed by atoms with Crippen molar-refractivity contribution in [3.63, 3.8) is 0 Å². The number of aromatic nitrogens is 2. The second-order valence-corrected chi connectivity index (χ2v) is 2.47. The fourth-order valence-electron chi connectivity index (χ4n) is 1.06. The minimum absolute atomic E-state index is 0.515. The Hall–Kier alpha value is -0.960. The van der Waals surface area contributed by atoms with Crippen molar-refractivity contribution in [1.29, 1.82) is 0 Å². The Kier molecular flexibility index (Phi) is 1.36. The second-order valence-electron chi connectivity index (χ2n) is 2.47. The Morgan fingerprint density at radius 3 is 2.60 bits per heavy atom. The van der Waals surface area contributed by atoms with Crippen LogP contribution in [0.2, 0.25) is 0 Å². The molecule has 0 aromatic carbocycles. The fraction of sp³-hybridized carbons (Fsp3) is 0.429. The third kappa shape index (κ3) is 0.885. The quantitative estimate of drug-likeness (QED) is 0.609. The van der Waals surface area contributed by atoms with Crippen LogP contribution in [0.15, 0.2) is 18.7 Å². The molecule has 52 valence electrons. The second kappa shape index (κ2) is 2.34. The highest BCUT2D eigenvalue weighted by molar-refractivity contribution is 5.11. The molecule has 3 nitrogen and oxygen atoms in total. The van der Waals surface area contributed by atoms with Crippen LogP contribution < -0.4 is 5.32 Å². The minimum Gasteiger partial charge on any atom is -0.310 e. The summed E-state index contributed by atoms with van der Waals surface area (Å²) in [6.07, 6.45) is 6.50. The van der Waals surface area contributed by atoms with Gasteiger partial charge in [0.05, 0.1) is 0 Å². The van der Waals surface area contributed by atoms with Crippen LogP contribution in [-0.2, 0) is 0 Å². The van der Waals surface area contributed by atoms with Crippen LogP contribution >= 0.6 is 0 Å². The van der Waals surface area contributed by atoms with E-state index in [2.05, 4.69) is 15.3 Å². The van der Waals surface area contributed by atoms with E-state index in [4.69, 9.17) is 0 Å². The standard InChI is InChI=1S/C7H9N3/c1-2-10-7(1)6-3-8-5-9-4-6/h3-5,7,10H,1-2H2/t7-/m1/s1. The number of nitrogens with zero attached hydrogens (tertiary/aromatic N) is 2. The normalized spacial score (nSPS) is 23.8. The molecule has 3 heteroatoms. The summed E-state index contributed by atoms with van der Waals surface area (Å²) in [4.78, 5) is 7.87. The predicted octanol–water partition coefficient (Wildman–Crippen LogP) is 0.511. The van der Waals surface area contributed by atoms with E-state index >= 15 is 0 Å². The smallest absolute Gasteiger partial charge is 0.115 e. The van der Waals surface area contributed by atoms with Crippen LogP contribution in [0.1, 0.15) is 18.0 Å². The van der Waals surface area contributed by atoms with Crippen LogP contribution in [0.3, 0.4) is 0 Å². The molecule has 1 saturated heterocycles. The fourth-order valence-corrected chi connectivity index (χ4v) is 1.06. The summed E-state index contributed by atoms with van der Waals surface area (Å²) in [7, 11) is 0. The molecule has 0 unspecified atom stereocenters. The van der Waals surface area contributed by atoms with Gasteiger partial charge in [0, 0.05) is 24.0 Å². The summed E-state index contributed by atoms with van der Waals surface area (Å²) in [5.41, 5.74) is 1.20. The van der Waals surface area contributed by atoms with Gasteiger partial charge in [0.15, 0.2) is 0 Å². The zero-order valence-corrected chi connectivity index (χ0v) is 5.62. The maximum Gasteiger partial charge on any atom is 0.115 e. The Morgan fingerprint density at radius 1 is 1.40 bits per heavy atom. The van der Waals surface area contributed by atoms with E-state index < -0.39 is 0 Å². The molecule has 0 saturated carbocycles. The van der Waals surface area contributed by atoms with Crippen LogP contribution in [0.4, 0.5) is 0 Å². The first kappa shape index (κ1) is 5.80. The SMILES string of the molecule is c1ncc([C@H]2CCN2)cn1. The Labute approximate surface area is 59.5 Å². The highest BCUT2D eigenvalue weighted by Crippen LogP contribution is 2.20. The van der Waals surface area contributed by atoms with E-state index in [0.29, 0.717) is 6.04 Å². The molecule has 0 aliphatic carbocycles. The first-order chi connectivity index (χ1) is 4.97. The van der Waals surface area contributed by atoms with Crippen LogP contribution in [0, 0.1) is 0 Å². The lowest BCUT2D eigenvalue weighted by Crippen LogP contribution is -2.34. The van der Waals surface area contributed by atoms with Crippen molar-refractivity contribution in [1.82, 2.24) is 15.3 Å². The van der Waals surface area contributed by atoms with Gasteiger partial charge in [0.2, 0.25) is 0 Å². The topological polar surface area (TPSA) is 37.8 Å². The zero-order valence-electron chi connectivity index (χ0n) is 5.62. The molecule has 2 rings (SSSR count). The lowest BCUT2D eigenvalue weighted by Gasteiger charge is -2.26. The molecule has 0 radical (unpaired) electrons. The molecule has 1 aromatic heterocycles. The maximum atomic E-state index is 3.94. The van der Waals surface area contributed by atoms with Gasteiger partial charge in [-0.1, -0.05) is 0 Å². The molecule has 1 fully saturated rings. The maximum absolute atomic E-state index is 3.94. The third-order valence-electron chi connectivity index (χ3n) is 1.81. The Bertz CT molecular complexity index is 205. The van der Waals surface area contributed by atoms with E-state index in [9.17, 15) is 0 Å². The Morgan fingerprint density at radius 2 is 2.10 bits per heavy atom. The van der Waals surface area contributed by atoms with E-state index in [1.54, 1.807) is 6.33 Å². The van der Waals surface area contributed by atoms with Crippen molar-refractivity contribution in [2.45, 2.75) is 12.5 Å². The summed E-state index contributed by atoms with van der Waals surface area (Å²) in [6, 6.07) is 0.515. The first-order valence-corrected chi connectivity index (χ1v) is 3.45. The summed E-state index contributed by atoms with van der Waals surface area (Å²) >= 11 is 0. The largest absolute Gasteiger partial charge is 0.310 e. The van der Waals surface area contributed by atoms with E-state index in [1.165, 1.54) is 12.0 Å². The molecule has 0 bridgehead atoms. The Balaban J connectivity index is 2.18. The molecule has 0 spiro atoms. The van der Waals surface area contributed by atoms with Gasteiger partial charge in [-0.15, -0.1) is 0 Å². The average molecular weight is 135 g/mol. The molecule has 1 atom stereocenters. The molecule has 1 aliphatic heterocycles. The molecule has 2 heterocycles. The summed E-state index contributed by atoms with van der Waals surface area (Å²) in [6.45, 7) is 1.12. The molecule has 0 amide bonds. The molecule has 10 heavy (non-hydrogen) atoms. The molecule has 1 aromatic rings. The summed E-state index contributed by atoms with van der Waals surface area (Å²) in [5.74, 6) is 0. The van der Waals surface area contributed by atoms with E-state index in [1.807, 2.05) is 12.4 Å². The predicted molar refractivity (Wildman–Crippen MR) is 37.4 cm³/mol. The van der Waals surface area contributed by atoms with Crippen molar-refractivity contribution in [2.75, 3.05) is 6.54 Å². The lowest BCUT2D eigenvalue weighted by atomic mass is 10.0. The van der Waals surface area contributed by atoms with Crippen molar-refractivity contribution in [3.05, 3.63) is 24.3 Å². The van der Waals surface area contributed by atoms with Crippen LogP contribution in [-0.4, -0.2) is 16.5 Å². The lowest BCUT2D eigenvalue weighted by molar-refractivity contribution is 0.381. The van der Waals surface area contributed by atoms with Gasteiger partial charge in [-0.3, -0.25) is 0 Å². The number of hydrogen-bond acceptors (Lipinski definition) is 3. The minimum atomic E-state index is 0.515. The van der Waals surface area contributed by atoms with Gasteiger partial charge >= 0.3 is 0 Å². The van der Waals surface area contributed by atoms with Gasteiger partial charge < -0.3 is 5.32 Å².